The molecule has 1 heterocycles. The highest BCUT2D eigenvalue weighted by atomic mass is 16.3. The molecule has 1 aromatic rings. The van der Waals surface area contributed by atoms with Gasteiger partial charge in [0, 0.05) is 12.6 Å². The van der Waals surface area contributed by atoms with Gasteiger partial charge in [-0.3, -0.25) is 4.79 Å². The monoisotopic (exact) mass is 248 g/mol. The summed E-state index contributed by atoms with van der Waals surface area (Å²) >= 11 is 0. The quantitative estimate of drug-likeness (QED) is 0.834. The van der Waals surface area contributed by atoms with Crippen LogP contribution in [0.2, 0.25) is 0 Å². The molecule has 1 fully saturated rings. The van der Waals surface area contributed by atoms with Crippen LogP contribution in [0, 0.1) is 6.92 Å². The second-order valence-corrected chi connectivity index (χ2v) is 5.10. The van der Waals surface area contributed by atoms with Gasteiger partial charge < -0.3 is 15.3 Å². The number of phenolic OH excluding ortho intramolecular Hbond substituents is 1. The summed E-state index contributed by atoms with van der Waals surface area (Å²) in [4.78, 5) is 14.3. The molecule has 0 aliphatic carbocycles. The van der Waals surface area contributed by atoms with Crippen molar-refractivity contribution in [3.05, 3.63) is 29.3 Å². The summed E-state index contributed by atoms with van der Waals surface area (Å²) in [6.07, 6.45) is 2.10. The van der Waals surface area contributed by atoms with Crippen LogP contribution in [-0.4, -0.2) is 42.1 Å². The largest absolute Gasteiger partial charge is 0.507 e. The summed E-state index contributed by atoms with van der Waals surface area (Å²) in [5, 5.41) is 12.7. The van der Waals surface area contributed by atoms with E-state index in [-0.39, 0.29) is 17.7 Å². The maximum Gasteiger partial charge on any atom is 0.255 e. The van der Waals surface area contributed by atoms with Crippen molar-refractivity contribution in [2.45, 2.75) is 25.8 Å². The Kier molecular flexibility index (Phi) is 3.87. The van der Waals surface area contributed by atoms with Crippen LogP contribution in [0.15, 0.2) is 18.2 Å². The lowest BCUT2D eigenvalue weighted by atomic mass is 10.0. The predicted molar refractivity (Wildman–Crippen MR) is 70.8 cm³/mol. The third-order valence-electron chi connectivity index (χ3n) is 3.36. The van der Waals surface area contributed by atoms with Gasteiger partial charge in [0.1, 0.15) is 5.75 Å². The van der Waals surface area contributed by atoms with E-state index in [1.165, 1.54) is 0 Å². The van der Waals surface area contributed by atoms with Gasteiger partial charge in [-0.1, -0.05) is 11.6 Å². The fourth-order valence-electron chi connectivity index (χ4n) is 2.38. The number of carbonyl (C=O) groups is 1. The van der Waals surface area contributed by atoms with Crippen molar-refractivity contribution in [2.24, 2.45) is 0 Å². The molecule has 1 aliphatic rings. The standard InChI is InChI=1S/C14H20N2O2/c1-10-5-6-13(17)12(8-10)14(18)15-11-4-3-7-16(2)9-11/h5-6,8,11,17H,3-4,7,9H2,1-2H3,(H,15,18). The van der Waals surface area contributed by atoms with E-state index in [4.69, 9.17) is 0 Å². The molecule has 1 aromatic carbocycles. The zero-order valence-corrected chi connectivity index (χ0v) is 10.9. The molecule has 4 heteroatoms. The van der Waals surface area contributed by atoms with E-state index in [1.807, 2.05) is 6.92 Å². The topological polar surface area (TPSA) is 52.6 Å². The van der Waals surface area contributed by atoms with Crippen molar-refractivity contribution in [1.82, 2.24) is 10.2 Å². The van der Waals surface area contributed by atoms with Gasteiger partial charge in [-0.2, -0.15) is 0 Å². The number of hydrogen-bond acceptors (Lipinski definition) is 3. The highest BCUT2D eigenvalue weighted by molar-refractivity contribution is 5.97. The van der Waals surface area contributed by atoms with Crippen LogP contribution in [0.4, 0.5) is 0 Å². The van der Waals surface area contributed by atoms with Crippen LogP contribution in [0.5, 0.6) is 5.75 Å². The summed E-state index contributed by atoms with van der Waals surface area (Å²) in [7, 11) is 2.06. The molecule has 2 N–H and O–H groups in total. The number of rotatable bonds is 2. The number of piperidine rings is 1. The lowest BCUT2D eigenvalue weighted by Gasteiger charge is -2.30. The summed E-state index contributed by atoms with van der Waals surface area (Å²) < 4.78 is 0. The van der Waals surface area contributed by atoms with Crippen molar-refractivity contribution >= 4 is 5.91 Å². The Morgan fingerprint density at radius 3 is 3.00 bits per heavy atom. The normalized spacial score (nSPS) is 20.7. The molecule has 18 heavy (non-hydrogen) atoms. The molecular weight excluding hydrogens is 228 g/mol. The minimum Gasteiger partial charge on any atom is -0.507 e. The number of aromatic hydroxyl groups is 1. The van der Waals surface area contributed by atoms with E-state index in [0.717, 1.165) is 31.5 Å². The Hall–Kier alpha value is -1.55. The fraction of sp³-hybridized carbons (Fsp3) is 0.500. The second-order valence-electron chi connectivity index (χ2n) is 5.10. The van der Waals surface area contributed by atoms with E-state index < -0.39 is 0 Å². The Balaban J connectivity index is 2.05. The van der Waals surface area contributed by atoms with Gasteiger partial charge >= 0.3 is 0 Å². The fourth-order valence-corrected chi connectivity index (χ4v) is 2.38. The average molecular weight is 248 g/mol. The third kappa shape index (κ3) is 3.01. The Morgan fingerprint density at radius 1 is 1.50 bits per heavy atom. The lowest BCUT2D eigenvalue weighted by molar-refractivity contribution is 0.0910. The number of nitrogens with zero attached hydrogens (tertiary/aromatic N) is 1. The smallest absolute Gasteiger partial charge is 0.255 e. The zero-order chi connectivity index (χ0) is 13.1. The minimum atomic E-state index is -0.184. The predicted octanol–water partition coefficient (Wildman–Crippen LogP) is 1.52. The van der Waals surface area contributed by atoms with Crippen molar-refractivity contribution in [3.63, 3.8) is 0 Å². The zero-order valence-electron chi connectivity index (χ0n) is 10.9. The molecule has 0 saturated carbocycles. The minimum absolute atomic E-state index is 0.0438. The number of amides is 1. The Bertz CT molecular complexity index is 445. The van der Waals surface area contributed by atoms with Crippen LogP contribution in [0.25, 0.3) is 0 Å². The highest BCUT2D eigenvalue weighted by Crippen LogP contribution is 2.18. The maximum atomic E-state index is 12.1. The molecule has 1 unspecified atom stereocenters. The molecule has 1 aliphatic heterocycles. The number of nitrogens with one attached hydrogen (secondary N) is 1. The van der Waals surface area contributed by atoms with Crippen LogP contribution in [0.1, 0.15) is 28.8 Å². The van der Waals surface area contributed by atoms with E-state index in [2.05, 4.69) is 17.3 Å². The Labute approximate surface area is 108 Å². The molecule has 1 amide bonds. The van der Waals surface area contributed by atoms with E-state index >= 15 is 0 Å². The first-order chi connectivity index (χ1) is 8.56. The Morgan fingerprint density at radius 2 is 2.28 bits per heavy atom. The van der Waals surface area contributed by atoms with Gasteiger partial charge in [0.25, 0.3) is 5.91 Å². The van der Waals surface area contributed by atoms with E-state index in [9.17, 15) is 9.90 Å². The molecule has 1 atom stereocenters. The van der Waals surface area contributed by atoms with Gasteiger partial charge in [-0.25, -0.2) is 0 Å². The molecule has 0 bridgehead atoms. The number of aryl methyl sites for hydroxylation is 1. The summed E-state index contributed by atoms with van der Waals surface area (Å²) in [5.41, 5.74) is 1.34. The van der Waals surface area contributed by atoms with Crippen molar-refractivity contribution in [3.8, 4) is 5.75 Å². The van der Waals surface area contributed by atoms with Crippen LogP contribution in [-0.2, 0) is 0 Å². The summed E-state index contributed by atoms with van der Waals surface area (Å²) in [6, 6.07) is 5.26. The average Bonchev–Trinajstić information content (AvgIpc) is 2.32. The van der Waals surface area contributed by atoms with Crippen LogP contribution in [0.3, 0.4) is 0 Å². The third-order valence-corrected chi connectivity index (χ3v) is 3.36. The molecule has 4 nitrogen and oxygen atoms in total. The molecule has 2 rings (SSSR count). The van der Waals surface area contributed by atoms with E-state index in [0.29, 0.717) is 5.56 Å². The second kappa shape index (κ2) is 5.40. The highest BCUT2D eigenvalue weighted by Gasteiger charge is 2.20. The first-order valence-electron chi connectivity index (χ1n) is 6.35. The van der Waals surface area contributed by atoms with Crippen LogP contribution < -0.4 is 5.32 Å². The number of carbonyl (C=O) groups excluding carboxylic acids is 1. The van der Waals surface area contributed by atoms with Crippen molar-refractivity contribution < 1.29 is 9.90 Å². The number of likely N-dealkylation sites (N-methyl/N-ethyl adjacent to an activating group) is 1. The maximum absolute atomic E-state index is 12.1. The van der Waals surface area contributed by atoms with Gasteiger partial charge in [0.05, 0.1) is 5.56 Å². The molecular formula is C14H20N2O2. The molecule has 98 valence electrons. The molecule has 0 radical (unpaired) electrons. The number of likely N-dealkylation sites (tertiary alicyclic amines) is 1. The van der Waals surface area contributed by atoms with Gasteiger partial charge in [-0.05, 0) is 45.5 Å². The van der Waals surface area contributed by atoms with Crippen molar-refractivity contribution in [2.75, 3.05) is 20.1 Å². The SMILES string of the molecule is Cc1ccc(O)c(C(=O)NC2CCCN(C)C2)c1. The van der Waals surface area contributed by atoms with Crippen LogP contribution >= 0.6 is 0 Å². The molecule has 0 spiro atoms. The summed E-state index contributed by atoms with van der Waals surface area (Å²) in [5.74, 6) is -0.140. The lowest BCUT2D eigenvalue weighted by Crippen LogP contribution is -2.46. The van der Waals surface area contributed by atoms with Gasteiger partial charge in [-0.15, -0.1) is 0 Å². The van der Waals surface area contributed by atoms with Crippen molar-refractivity contribution in [1.29, 1.82) is 0 Å². The van der Waals surface area contributed by atoms with Gasteiger partial charge in [0.2, 0.25) is 0 Å². The molecule has 1 saturated heterocycles. The van der Waals surface area contributed by atoms with Gasteiger partial charge in [0.15, 0.2) is 0 Å². The van der Waals surface area contributed by atoms with E-state index in [1.54, 1.807) is 18.2 Å². The number of hydrogen-bond donors (Lipinski definition) is 2. The first kappa shape index (κ1) is 12.9. The number of phenols is 1. The first-order valence-corrected chi connectivity index (χ1v) is 6.35. The number of benzene rings is 1. The summed E-state index contributed by atoms with van der Waals surface area (Å²) in [6.45, 7) is 3.87. The molecule has 0 aromatic heterocycles.